The summed E-state index contributed by atoms with van der Waals surface area (Å²) in [5.74, 6) is -0.0202. The highest BCUT2D eigenvalue weighted by molar-refractivity contribution is 5.94. The number of nitrogens with one attached hydrogen (secondary N) is 1. The number of pyridine rings is 1. The zero-order valence-electron chi connectivity index (χ0n) is 13.6. The Hall–Kier alpha value is -3.22. The number of hydrogen-bond donors (Lipinski definition) is 2. The summed E-state index contributed by atoms with van der Waals surface area (Å²) >= 11 is 0. The van der Waals surface area contributed by atoms with Crippen LogP contribution in [-0.2, 0) is 17.8 Å². The van der Waals surface area contributed by atoms with Gasteiger partial charge >= 0.3 is 0 Å². The van der Waals surface area contributed by atoms with E-state index in [0.717, 1.165) is 24.8 Å². The molecule has 3 heterocycles. The van der Waals surface area contributed by atoms with Crippen LogP contribution in [0.2, 0.25) is 0 Å². The second-order valence-corrected chi connectivity index (χ2v) is 5.71. The van der Waals surface area contributed by atoms with Gasteiger partial charge in [0.2, 0.25) is 0 Å². The van der Waals surface area contributed by atoms with Gasteiger partial charge in [0.1, 0.15) is 5.69 Å². The topological polar surface area (TPSA) is 99.2 Å². The summed E-state index contributed by atoms with van der Waals surface area (Å²) in [5, 5.41) is 14.6. The van der Waals surface area contributed by atoms with Crippen molar-refractivity contribution in [1.29, 1.82) is 0 Å². The second-order valence-electron chi connectivity index (χ2n) is 5.71. The fourth-order valence-corrected chi connectivity index (χ4v) is 2.98. The molecular weight excluding hydrogens is 320 g/mol. The summed E-state index contributed by atoms with van der Waals surface area (Å²) in [4.78, 5) is 27.4. The molecule has 1 amide bonds. The van der Waals surface area contributed by atoms with Crippen molar-refractivity contribution in [2.75, 3.05) is 6.54 Å². The van der Waals surface area contributed by atoms with Crippen LogP contribution in [0.1, 0.15) is 28.0 Å². The first-order valence-electron chi connectivity index (χ1n) is 7.97. The molecule has 0 saturated carbocycles. The third kappa shape index (κ3) is 3.65. The van der Waals surface area contributed by atoms with Crippen molar-refractivity contribution in [3.05, 3.63) is 59.4 Å². The molecule has 0 fully saturated rings. The number of aromatic amines is 1. The fourth-order valence-electron chi connectivity index (χ4n) is 2.98. The lowest BCUT2D eigenvalue weighted by molar-refractivity contribution is -0.122. The first-order valence-corrected chi connectivity index (χ1v) is 7.97. The van der Waals surface area contributed by atoms with Crippen molar-refractivity contribution in [3.8, 4) is 0 Å². The lowest BCUT2D eigenvalue weighted by Gasteiger charge is -2.20. The normalized spacial score (nSPS) is 13.4. The van der Waals surface area contributed by atoms with E-state index >= 15 is 0 Å². The van der Waals surface area contributed by atoms with Gasteiger partial charge < -0.3 is 10.0 Å². The van der Waals surface area contributed by atoms with Crippen molar-refractivity contribution in [2.45, 2.75) is 19.4 Å². The van der Waals surface area contributed by atoms with Gasteiger partial charge in [-0.15, -0.1) is 0 Å². The van der Waals surface area contributed by atoms with Crippen LogP contribution in [-0.4, -0.2) is 44.1 Å². The number of rotatable bonds is 1. The minimum atomic E-state index is -0.250. The van der Waals surface area contributed by atoms with Gasteiger partial charge in [-0.2, -0.15) is 5.10 Å². The molecule has 1 aliphatic rings. The van der Waals surface area contributed by atoms with Gasteiger partial charge in [-0.05, 0) is 36.1 Å². The molecule has 0 atom stereocenters. The molecule has 0 bridgehead atoms. The van der Waals surface area contributed by atoms with Gasteiger partial charge in [0, 0.05) is 18.5 Å². The van der Waals surface area contributed by atoms with Gasteiger partial charge in [-0.3, -0.25) is 14.7 Å². The minimum Gasteiger partial charge on any atom is -0.483 e. The number of H-pyrrole nitrogens is 1. The quantitative estimate of drug-likeness (QED) is 0.663. The molecule has 128 valence electrons. The molecule has 7 nitrogen and oxygen atoms in total. The van der Waals surface area contributed by atoms with Crippen molar-refractivity contribution in [2.24, 2.45) is 0 Å². The van der Waals surface area contributed by atoms with E-state index in [-0.39, 0.29) is 12.4 Å². The minimum absolute atomic E-state index is 0.0202. The van der Waals surface area contributed by atoms with Crippen LogP contribution in [0.25, 0.3) is 11.0 Å². The number of aryl methyl sites for hydroxylation is 1. The summed E-state index contributed by atoms with van der Waals surface area (Å²) in [7, 11) is 0. The molecular formula is C18H18N4O3. The third-order valence-corrected chi connectivity index (χ3v) is 4.16. The van der Waals surface area contributed by atoms with Crippen LogP contribution < -0.4 is 0 Å². The van der Waals surface area contributed by atoms with Crippen LogP contribution in [0.4, 0.5) is 0 Å². The smallest absolute Gasteiger partial charge is 0.290 e. The molecule has 2 aromatic heterocycles. The molecule has 0 aliphatic carbocycles. The van der Waals surface area contributed by atoms with Gasteiger partial charge in [-0.1, -0.05) is 24.3 Å². The van der Waals surface area contributed by atoms with E-state index in [1.165, 1.54) is 11.1 Å². The van der Waals surface area contributed by atoms with Crippen LogP contribution in [0, 0.1) is 0 Å². The van der Waals surface area contributed by atoms with E-state index in [9.17, 15) is 4.79 Å². The van der Waals surface area contributed by atoms with E-state index in [1.807, 2.05) is 17.0 Å². The molecule has 25 heavy (non-hydrogen) atoms. The van der Waals surface area contributed by atoms with Crippen molar-refractivity contribution in [3.63, 3.8) is 0 Å². The summed E-state index contributed by atoms with van der Waals surface area (Å²) in [6.45, 7) is 1.16. The molecule has 0 radical (unpaired) electrons. The Morgan fingerprint density at radius 1 is 1.20 bits per heavy atom. The average molecular weight is 338 g/mol. The van der Waals surface area contributed by atoms with Gasteiger partial charge in [0.25, 0.3) is 12.4 Å². The molecule has 7 heteroatoms. The largest absolute Gasteiger partial charge is 0.483 e. The van der Waals surface area contributed by atoms with Crippen molar-refractivity contribution >= 4 is 23.4 Å². The number of nitrogens with zero attached hydrogens (tertiary/aromatic N) is 3. The molecule has 3 aromatic rings. The first kappa shape index (κ1) is 16.6. The number of aromatic nitrogens is 3. The zero-order valence-corrected chi connectivity index (χ0v) is 13.6. The molecule has 2 N–H and O–H groups in total. The molecule has 0 unspecified atom stereocenters. The lowest BCUT2D eigenvalue weighted by atomic mass is 10.0. The fraction of sp³-hybridized carbons (Fsp3) is 0.222. The molecule has 1 aliphatic heterocycles. The Balaban J connectivity index is 0.000000569. The Bertz CT molecular complexity index is 891. The number of benzene rings is 1. The van der Waals surface area contributed by atoms with E-state index in [1.54, 1.807) is 12.3 Å². The zero-order chi connectivity index (χ0) is 17.6. The molecule has 0 saturated heterocycles. The number of fused-ring (bicyclic) bond motifs is 2. The Morgan fingerprint density at radius 3 is 2.76 bits per heavy atom. The Morgan fingerprint density at radius 2 is 1.96 bits per heavy atom. The van der Waals surface area contributed by atoms with Gasteiger partial charge in [0.15, 0.2) is 5.65 Å². The summed E-state index contributed by atoms with van der Waals surface area (Å²) in [6.07, 6.45) is 3.71. The van der Waals surface area contributed by atoms with E-state index in [4.69, 9.17) is 9.90 Å². The summed E-state index contributed by atoms with van der Waals surface area (Å²) in [6, 6.07) is 12.0. The maximum Gasteiger partial charge on any atom is 0.290 e. The highest BCUT2D eigenvalue weighted by atomic mass is 16.3. The number of carbonyl (C=O) groups is 2. The summed E-state index contributed by atoms with van der Waals surface area (Å²) < 4.78 is 0. The first-order chi connectivity index (χ1) is 12.2. The SMILES string of the molecule is O=C(c1ccc2cn[nH]c2n1)N1CCCc2ccccc2C1.O=CO. The summed E-state index contributed by atoms with van der Waals surface area (Å²) in [5.41, 5.74) is 3.70. The van der Waals surface area contributed by atoms with E-state index in [0.29, 0.717) is 17.9 Å². The number of amides is 1. The van der Waals surface area contributed by atoms with Crippen LogP contribution in [0.5, 0.6) is 0 Å². The predicted molar refractivity (Wildman–Crippen MR) is 92.1 cm³/mol. The van der Waals surface area contributed by atoms with Crippen LogP contribution in [0.3, 0.4) is 0 Å². The average Bonchev–Trinajstić information content (AvgIpc) is 2.99. The predicted octanol–water partition coefficient (Wildman–Crippen LogP) is 2.25. The van der Waals surface area contributed by atoms with Crippen LogP contribution in [0.15, 0.2) is 42.6 Å². The second kappa shape index (κ2) is 7.57. The standard InChI is InChI=1S/C17H16N4O.CH2O2/c22-17(15-8-7-13-10-18-20-16(13)19-15)21-9-3-6-12-4-1-2-5-14(12)11-21;2-1-3/h1-2,4-5,7-8,10H,3,6,9,11H2,(H,18,19,20);1H,(H,2,3). The maximum atomic E-state index is 12.8. The molecule has 1 aromatic carbocycles. The maximum absolute atomic E-state index is 12.8. The van der Waals surface area contributed by atoms with E-state index in [2.05, 4.69) is 33.4 Å². The Labute approximate surface area is 144 Å². The molecule has 4 rings (SSSR count). The monoisotopic (exact) mass is 338 g/mol. The van der Waals surface area contributed by atoms with Gasteiger partial charge in [0.05, 0.1) is 6.20 Å². The number of hydrogen-bond acceptors (Lipinski definition) is 4. The molecule has 0 spiro atoms. The highest BCUT2D eigenvalue weighted by Gasteiger charge is 2.21. The highest BCUT2D eigenvalue weighted by Crippen LogP contribution is 2.20. The number of carbonyl (C=O) groups excluding carboxylic acids is 1. The number of carboxylic acid groups (broad SMARTS) is 1. The third-order valence-electron chi connectivity index (χ3n) is 4.16. The van der Waals surface area contributed by atoms with Crippen molar-refractivity contribution < 1.29 is 14.7 Å². The Kier molecular flexibility index (Phi) is 5.03. The van der Waals surface area contributed by atoms with Gasteiger partial charge in [-0.25, -0.2) is 4.98 Å². The lowest BCUT2D eigenvalue weighted by Crippen LogP contribution is -2.31. The van der Waals surface area contributed by atoms with Crippen molar-refractivity contribution in [1.82, 2.24) is 20.1 Å². The van der Waals surface area contributed by atoms with Crippen LogP contribution >= 0.6 is 0 Å². The van der Waals surface area contributed by atoms with E-state index < -0.39 is 0 Å².